The topological polar surface area (TPSA) is 80.3 Å². The molecule has 2 N–H and O–H groups in total. The first-order chi connectivity index (χ1) is 14.0. The highest BCUT2D eigenvalue weighted by Gasteiger charge is 2.15. The lowest BCUT2D eigenvalue weighted by atomic mass is 10.2. The SMILES string of the molecule is CC(C)Oc1ccc(C(=O)NNC(=O)c2cccnc2Sc2ccccc2)cc1. The highest BCUT2D eigenvalue weighted by atomic mass is 32.2. The Kier molecular flexibility index (Phi) is 6.86. The number of benzene rings is 2. The molecule has 0 saturated heterocycles. The highest BCUT2D eigenvalue weighted by molar-refractivity contribution is 7.99. The number of carbonyl (C=O) groups is 2. The summed E-state index contributed by atoms with van der Waals surface area (Å²) in [4.78, 5) is 30.1. The van der Waals surface area contributed by atoms with E-state index in [2.05, 4.69) is 15.8 Å². The molecule has 0 spiro atoms. The molecule has 0 aliphatic carbocycles. The zero-order valence-corrected chi connectivity index (χ0v) is 16.9. The van der Waals surface area contributed by atoms with Gasteiger partial charge in [0.1, 0.15) is 10.8 Å². The van der Waals surface area contributed by atoms with Crippen molar-refractivity contribution in [3.05, 3.63) is 84.1 Å². The van der Waals surface area contributed by atoms with E-state index in [1.807, 2.05) is 44.2 Å². The fourth-order valence-electron chi connectivity index (χ4n) is 2.46. The van der Waals surface area contributed by atoms with E-state index in [9.17, 15) is 9.59 Å². The molecule has 0 aliphatic heterocycles. The number of aromatic nitrogens is 1. The van der Waals surface area contributed by atoms with Gasteiger partial charge in [-0.05, 0) is 62.4 Å². The maximum Gasteiger partial charge on any atom is 0.272 e. The molecule has 0 saturated carbocycles. The maximum atomic E-state index is 12.6. The van der Waals surface area contributed by atoms with Crippen molar-refractivity contribution in [3.8, 4) is 5.75 Å². The van der Waals surface area contributed by atoms with Crippen molar-refractivity contribution in [3.63, 3.8) is 0 Å². The second-order valence-electron chi connectivity index (χ2n) is 6.37. The Morgan fingerprint density at radius 3 is 2.28 bits per heavy atom. The van der Waals surface area contributed by atoms with Crippen LogP contribution in [-0.4, -0.2) is 22.9 Å². The molecule has 2 aromatic carbocycles. The van der Waals surface area contributed by atoms with E-state index >= 15 is 0 Å². The van der Waals surface area contributed by atoms with Crippen LogP contribution in [0.4, 0.5) is 0 Å². The van der Waals surface area contributed by atoms with Crippen molar-refractivity contribution in [2.45, 2.75) is 29.9 Å². The molecule has 0 aliphatic rings. The van der Waals surface area contributed by atoms with E-state index in [4.69, 9.17) is 4.74 Å². The molecule has 0 fully saturated rings. The van der Waals surface area contributed by atoms with Gasteiger partial charge in [0, 0.05) is 16.7 Å². The van der Waals surface area contributed by atoms with Gasteiger partial charge in [0.25, 0.3) is 11.8 Å². The third kappa shape index (κ3) is 5.83. The van der Waals surface area contributed by atoms with E-state index in [1.54, 1.807) is 42.6 Å². The van der Waals surface area contributed by atoms with Crippen LogP contribution >= 0.6 is 11.8 Å². The number of rotatable bonds is 6. The maximum absolute atomic E-state index is 12.6. The van der Waals surface area contributed by atoms with E-state index in [-0.39, 0.29) is 6.10 Å². The predicted molar refractivity (Wildman–Crippen MR) is 112 cm³/mol. The standard InChI is InChI=1S/C22H21N3O3S/c1-15(2)28-17-12-10-16(11-13-17)20(26)24-25-21(27)19-9-6-14-23-22(19)29-18-7-4-3-5-8-18/h3-15H,1-2H3,(H,24,26)(H,25,27). The molecule has 3 rings (SSSR count). The molecule has 29 heavy (non-hydrogen) atoms. The van der Waals surface area contributed by atoms with Crippen molar-refractivity contribution in [2.75, 3.05) is 0 Å². The molecule has 148 valence electrons. The van der Waals surface area contributed by atoms with E-state index < -0.39 is 11.8 Å². The Labute approximate surface area is 173 Å². The van der Waals surface area contributed by atoms with Crippen molar-refractivity contribution in [1.82, 2.24) is 15.8 Å². The third-order valence-corrected chi connectivity index (χ3v) is 4.78. The largest absolute Gasteiger partial charge is 0.491 e. The van der Waals surface area contributed by atoms with Gasteiger partial charge in [0.15, 0.2) is 0 Å². The third-order valence-electron chi connectivity index (χ3n) is 3.75. The number of pyridine rings is 1. The van der Waals surface area contributed by atoms with Crippen molar-refractivity contribution in [2.24, 2.45) is 0 Å². The summed E-state index contributed by atoms with van der Waals surface area (Å²) in [6, 6.07) is 19.7. The van der Waals surface area contributed by atoms with Crippen LogP contribution in [0.3, 0.4) is 0 Å². The number of nitrogens with zero attached hydrogens (tertiary/aromatic N) is 1. The van der Waals surface area contributed by atoms with Gasteiger partial charge >= 0.3 is 0 Å². The average Bonchev–Trinajstić information content (AvgIpc) is 2.73. The van der Waals surface area contributed by atoms with E-state index in [1.165, 1.54) is 11.8 Å². The van der Waals surface area contributed by atoms with E-state index in [0.29, 0.717) is 21.9 Å². The molecule has 1 heterocycles. The van der Waals surface area contributed by atoms with Gasteiger partial charge in [-0.2, -0.15) is 0 Å². The summed E-state index contributed by atoms with van der Waals surface area (Å²) in [5.41, 5.74) is 5.67. The quantitative estimate of drug-likeness (QED) is 0.602. The van der Waals surface area contributed by atoms with Crippen LogP contribution in [0.15, 0.2) is 82.8 Å². The monoisotopic (exact) mass is 407 g/mol. The zero-order valence-electron chi connectivity index (χ0n) is 16.1. The van der Waals surface area contributed by atoms with Crippen LogP contribution < -0.4 is 15.6 Å². The normalized spacial score (nSPS) is 10.4. The van der Waals surface area contributed by atoms with Crippen molar-refractivity contribution in [1.29, 1.82) is 0 Å². The van der Waals surface area contributed by atoms with Gasteiger partial charge in [0.2, 0.25) is 0 Å². The number of carbonyl (C=O) groups excluding carboxylic acids is 2. The van der Waals surface area contributed by atoms with Crippen LogP contribution in [0.5, 0.6) is 5.75 Å². The molecule has 0 radical (unpaired) electrons. The average molecular weight is 407 g/mol. The van der Waals surface area contributed by atoms with Gasteiger partial charge in [0.05, 0.1) is 11.7 Å². The number of ether oxygens (including phenoxy) is 1. The van der Waals surface area contributed by atoms with E-state index in [0.717, 1.165) is 4.90 Å². The smallest absolute Gasteiger partial charge is 0.272 e. The molecule has 7 heteroatoms. The summed E-state index contributed by atoms with van der Waals surface area (Å²) in [5.74, 6) is -0.182. The number of hydrogen-bond donors (Lipinski definition) is 2. The Hall–Kier alpha value is -3.32. The predicted octanol–water partition coefficient (Wildman–Crippen LogP) is 4.09. The first-order valence-corrected chi connectivity index (χ1v) is 9.90. The van der Waals surface area contributed by atoms with Crippen molar-refractivity contribution >= 4 is 23.6 Å². The summed E-state index contributed by atoms with van der Waals surface area (Å²) < 4.78 is 5.56. The van der Waals surface area contributed by atoms with Gasteiger partial charge in [-0.15, -0.1) is 0 Å². The minimum atomic E-state index is -0.440. The fraction of sp³-hybridized carbons (Fsp3) is 0.136. The van der Waals surface area contributed by atoms with Gasteiger partial charge < -0.3 is 4.74 Å². The molecule has 6 nitrogen and oxygen atoms in total. The summed E-state index contributed by atoms with van der Waals surface area (Å²) in [7, 11) is 0. The minimum absolute atomic E-state index is 0.0522. The molecule has 0 bridgehead atoms. The highest BCUT2D eigenvalue weighted by Crippen LogP contribution is 2.28. The molecule has 0 atom stereocenters. The summed E-state index contributed by atoms with van der Waals surface area (Å²) in [6.45, 7) is 3.86. The number of nitrogens with one attached hydrogen (secondary N) is 2. The van der Waals surface area contributed by atoms with Gasteiger partial charge in [-0.25, -0.2) is 4.98 Å². The second-order valence-corrected chi connectivity index (χ2v) is 7.43. The number of amides is 2. The van der Waals surface area contributed by atoms with Crippen LogP contribution in [0.2, 0.25) is 0 Å². The number of hydrogen-bond acceptors (Lipinski definition) is 5. The Morgan fingerprint density at radius 1 is 0.897 bits per heavy atom. The fourth-order valence-corrected chi connectivity index (χ4v) is 3.36. The molecule has 3 aromatic rings. The Morgan fingerprint density at radius 2 is 1.59 bits per heavy atom. The summed E-state index contributed by atoms with van der Waals surface area (Å²) in [6.07, 6.45) is 1.68. The second kappa shape index (κ2) is 9.75. The van der Waals surface area contributed by atoms with Crippen LogP contribution in [-0.2, 0) is 0 Å². The lowest BCUT2D eigenvalue weighted by Crippen LogP contribution is -2.41. The van der Waals surface area contributed by atoms with Crippen LogP contribution in [0, 0.1) is 0 Å². The van der Waals surface area contributed by atoms with Gasteiger partial charge in [-0.1, -0.05) is 30.0 Å². The van der Waals surface area contributed by atoms with Crippen LogP contribution in [0.1, 0.15) is 34.6 Å². The van der Waals surface area contributed by atoms with Crippen molar-refractivity contribution < 1.29 is 14.3 Å². The first-order valence-electron chi connectivity index (χ1n) is 9.08. The molecule has 2 amide bonds. The molecular formula is C22H21N3O3S. The minimum Gasteiger partial charge on any atom is -0.491 e. The molecule has 0 unspecified atom stereocenters. The molecule has 1 aromatic heterocycles. The Balaban J connectivity index is 1.63. The zero-order chi connectivity index (χ0) is 20.6. The van der Waals surface area contributed by atoms with Crippen LogP contribution in [0.25, 0.3) is 0 Å². The number of hydrazine groups is 1. The lowest BCUT2D eigenvalue weighted by molar-refractivity contribution is 0.0844. The summed E-state index contributed by atoms with van der Waals surface area (Å²) >= 11 is 1.38. The van der Waals surface area contributed by atoms with Gasteiger partial charge in [-0.3, -0.25) is 20.4 Å². The summed E-state index contributed by atoms with van der Waals surface area (Å²) in [5, 5.41) is 0.556. The Bertz CT molecular complexity index is 976. The lowest BCUT2D eigenvalue weighted by Gasteiger charge is -2.11. The first kappa shape index (κ1) is 20.4. The molecular weight excluding hydrogens is 386 g/mol.